The van der Waals surface area contributed by atoms with Gasteiger partial charge in [0.05, 0.1) is 0 Å². The maximum absolute atomic E-state index is 12.9. The largest absolute Gasteiger partial charge is 0.316 e. The average Bonchev–Trinajstić information content (AvgIpc) is 2.24. The minimum atomic E-state index is -0.127. The zero-order valence-corrected chi connectivity index (χ0v) is 10.4. The highest BCUT2D eigenvalue weighted by Crippen LogP contribution is 2.19. The van der Waals surface area contributed by atoms with E-state index >= 15 is 0 Å². The van der Waals surface area contributed by atoms with Gasteiger partial charge in [-0.2, -0.15) is 0 Å². The predicted octanol–water partition coefficient (Wildman–Crippen LogP) is 3.10. The fourth-order valence-corrected chi connectivity index (χ4v) is 2.30. The fourth-order valence-electron chi connectivity index (χ4n) is 2.30. The number of nitrogens with one attached hydrogen (secondary N) is 1. The number of halogens is 2. The van der Waals surface area contributed by atoms with Gasteiger partial charge in [-0.25, -0.2) is 4.39 Å². The van der Waals surface area contributed by atoms with Crippen LogP contribution in [-0.2, 0) is 6.42 Å². The molecule has 1 aromatic rings. The van der Waals surface area contributed by atoms with Gasteiger partial charge in [0.25, 0.3) is 0 Å². The second-order valence-electron chi connectivity index (χ2n) is 4.49. The van der Waals surface area contributed by atoms with Crippen LogP contribution in [0.1, 0.15) is 24.0 Å². The summed E-state index contributed by atoms with van der Waals surface area (Å²) in [7, 11) is 0. The summed E-state index contributed by atoms with van der Waals surface area (Å²) in [6, 6.07) is 5.13. The second kappa shape index (κ2) is 6.21. The molecule has 1 aliphatic heterocycles. The van der Waals surface area contributed by atoms with Gasteiger partial charge in [0.2, 0.25) is 0 Å². The third kappa shape index (κ3) is 3.46. The number of hydrogen-bond acceptors (Lipinski definition) is 1. The molecule has 0 aliphatic carbocycles. The highest BCUT2D eigenvalue weighted by molar-refractivity contribution is 5.85. The summed E-state index contributed by atoms with van der Waals surface area (Å²) >= 11 is 0. The molecule has 0 bridgehead atoms. The van der Waals surface area contributed by atoms with Crippen molar-refractivity contribution in [1.29, 1.82) is 0 Å². The summed E-state index contributed by atoms with van der Waals surface area (Å²) < 4.78 is 12.9. The quantitative estimate of drug-likeness (QED) is 0.842. The van der Waals surface area contributed by atoms with Crippen LogP contribution in [0.3, 0.4) is 0 Å². The van der Waals surface area contributed by atoms with Gasteiger partial charge in [-0.05, 0) is 68.5 Å². The van der Waals surface area contributed by atoms with Gasteiger partial charge in [-0.3, -0.25) is 0 Å². The van der Waals surface area contributed by atoms with E-state index in [9.17, 15) is 4.39 Å². The van der Waals surface area contributed by atoms with Crippen molar-refractivity contribution in [2.24, 2.45) is 5.92 Å². The summed E-state index contributed by atoms with van der Waals surface area (Å²) in [6.07, 6.45) is 3.65. The second-order valence-corrected chi connectivity index (χ2v) is 4.49. The maximum Gasteiger partial charge on any atom is 0.123 e. The fraction of sp³-hybridized carbons (Fsp3) is 0.538. The summed E-state index contributed by atoms with van der Waals surface area (Å²) in [4.78, 5) is 0. The molecule has 2 rings (SSSR count). The first kappa shape index (κ1) is 13.5. The molecule has 0 saturated carbocycles. The van der Waals surface area contributed by atoms with Gasteiger partial charge < -0.3 is 5.32 Å². The van der Waals surface area contributed by atoms with Gasteiger partial charge in [0.1, 0.15) is 5.82 Å². The average molecular weight is 244 g/mol. The lowest BCUT2D eigenvalue weighted by atomic mass is 9.90. The molecule has 1 fully saturated rings. The standard InChI is InChI=1S/C13H18FN.ClH/c1-10-7-13(14)5-4-12(10)8-11-3-2-6-15-9-11;/h4-5,7,11,15H,2-3,6,8-9H2,1H3;1H. The van der Waals surface area contributed by atoms with Gasteiger partial charge in [0, 0.05) is 0 Å². The van der Waals surface area contributed by atoms with Crippen molar-refractivity contribution in [3.8, 4) is 0 Å². The van der Waals surface area contributed by atoms with Gasteiger partial charge in [0.15, 0.2) is 0 Å². The zero-order valence-electron chi connectivity index (χ0n) is 9.63. The number of benzene rings is 1. The highest BCUT2D eigenvalue weighted by Gasteiger charge is 2.14. The van der Waals surface area contributed by atoms with E-state index in [-0.39, 0.29) is 18.2 Å². The van der Waals surface area contributed by atoms with Crippen LogP contribution in [0.4, 0.5) is 4.39 Å². The van der Waals surface area contributed by atoms with E-state index in [0.29, 0.717) is 0 Å². The zero-order chi connectivity index (χ0) is 10.7. The number of hydrogen-bond donors (Lipinski definition) is 1. The van der Waals surface area contributed by atoms with Gasteiger partial charge >= 0.3 is 0 Å². The first-order valence-corrected chi connectivity index (χ1v) is 5.71. The Morgan fingerprint density at radius 2 is 2.25 bits per heavy atom. The van der Waals surface area contributed by atoms with Crippen LogP contribution in [0, 0.1) is 18.7 Å². The van der Waals surface area contributed by atoms with Crippen LogP contribution in [0.15, 0.2) is 18.2 Å². The van der Waals surface area contributed by atoms with E-state index in [1.807, 2.05) is 13.0 Å². The minimum absolute atomic E-state index is 0. The molecular weight excluding hydrogens is 225 g/mol. The summed E-state index contributed by atoms with van der Waals surface area (Å²) in [5.41, 5.74) is 2.38. The van der Waals surface area contributed by atoms with Crippen molar-refractivity contribution in [3.05, 3.63) is 35.1 Å². The first-order chi connectivity index (χ1) is 7.25. The molecule has 1 saturated heterocycles. The molecule has 0 amide bonds. The Morgan fingerprint density at radius 1 is 1.44 bits per heavy atom. The minimum Gasteiger partial charge on any atom is -0.316 e. The van der Waals surface area contributed by atoms with Crippen molar-refractivity contribution < 1.29 is 4.39 Å². The van der Waals surface area contributed by atoms with Gasteiger partial charge in [-0.15, -0.1) is 12.4 Å². The van der Waals surface area contributed by atoms with Crippen molar-refractivity contribution >= 4 is 12.4 Å². The molecule has 1 nitrogen and oxygen atoms in total. The number of piperidine rings is 1. The molecule has 0 aromatic heterocycles. The normalized spacial score (nSPS) is 20.2. The molecular formula is C13H19ClFN. The Bertz CT molecular complexity index is 335. The molecule has 1 aromatic carbocycles. The monoisotopic (exact) mass is 243 g/mol. The number of aryl methyl sites for hydroxylation is 1. The van der Waals surface area contributed by atoms with Crippen LogP contribution >= 0.6 is 12.4 Å². The van der Waals surface area contributed by atoms with E-state index in [1.54, 1.807) is 12.1 Å². The van der Waals surface area contributed by atoms with E-state index in [2.05, 4.69) is 5.32 Å². The van der Waals surface area contributed by atoms with E-state index in [4.69, 9.17) is 0 Å². The molecule has 3 heteroatoms. The molecule has 1 N–H and O–H groups in total. The molecule has 1 unspecified atom stereocenters. The van der Waals surface area contributed by atoms with Crippen molar-refractivity contribution in [2.45, 2.75) is 26.2 Å². The third-order valence-electron chi connectivity index (χ3n) is 3.21. The predicted molar refractivity (Wildman–Crippen MR) is 67.7 cm³/mol. The lowest BCUT2D eigenvalue weighted by Crippen LogP contribution is -2.30. The van der Waals surface area contributed by atoms with Crippen LogP contribution in [0.2, 0.25) is 0 Å². The molecule has 1 aliphatic rings. The summed E-state index contributed by atoms with van der Waals surface area (Å²) in [6.45, 7) is 4.25. The first-order valence-electron chi connectivity index (χ1n) is 5.71. The Balaban J connectivity index is 0.00000128. The molecule has 0 radical (unpaired) electrons. The molecule has 16 heavy (non-hydrogen) atoms. The van der Waals surface area contributed by atoms with Crippen LogP contribution < -0.4 is 5.32 Å². The Kier molecular flexibility index (Phi) is 5.23. The summed E-state index contributed by atoms with van der Waals surface area (Å²) in [5, 5.41) is 3.41. The third-order valence-corrected chi connectivity index (χ3v) is 3.21. The molecule has 0 spiro atoms. The van der Waals surface area contributed by atoms with Crippen LogP contribution in [-0.4, -0.2) is 13.1 Å². The SMILES string of the molecule is Cc1cc(F)ccc1CC1CCCNC1.Cl. The lowest BCUT2D eigenvalue weighted by Gasteiger charge is -2.23. The van der Waals surface area contributed by atoms with Crippen molar-refractivity contribution in [3.63, 3.8) is 0 Å². The van der Waals surface area contributed by atoms with Crippen molar-refractivity contribution in [2.75, 3.05) is 13.1 Å². The number of rotatable bonds is 2. The molecule has 1 atom stereocenters. The Hall–Kier alpha value is -0.600. The van der Waals surface area contributed by atoms with E-state index < -0.39 is 0 Å². The van der Waals surface area contributed by atoms with Crippen LogP contribution in [0.25, 0.3) is 0 Å². The highest BCUT2D eigenvalue weighted by atomic mass is 35.5. The Labute approximate surface area is 103 Å². The Morgan fingerprint density at radius 3 is 2.88 bits per heavy atom. The molecule has 1 heterocycles. The molecule has 90 valence electrons. The van der Waals surface area contributed by atoms with Gasteiger partial charge in [-0.1, -0.05) is 6.07 Å². The van der Waals surface area contributed by atoms with Crippen molar-refractivity contribution in [1.82, 2.24) is 5.32 Å². The van der Waals surface area contributed by atoms with E-state index in [0.717, 1.165) is 31.0 Å². The van der Waals surface area contributed by atoms with Crippen LogP contribution in [0.5, 0.6) is 0 Å². The van der Waals surface area contributed by atoms with E-state index in [1.165, 1.54) is 18.4 Å². The topological polar surface area (TPSA) is 12.0 Å². The summed E-state index contributed by atoms with van der Waals surface area (Å²) in [5.74, 6) is 0.598. The maximum atomic E-state index is 12.9. The smallest absolute Gasteiger partial charge is 0.123 e. The lowest BCUT2D eigenvalue weighted by molar-refractivity contribution is 0.375.